The van der Waals surface area contributed by atoms with Crippen LogP contribution in [0.2, 0.25) is 0 Å². The molecule has 0 aromatic heterocycles. The van der Waals surface area contributed by atoms with Gasteiger partial charge in [0, 0.05) is 73.0 Å². The summed E-state index contributed by atoms with van der Waals surface area (Å²) in [5.41, 5.74) is 0. The van der Waals surface area contributed by atoms with E-state index < -0.39 is 24.1 Å². The predicted octanol–water partition coefficient (Wildman–Crippen LogP) is -3.40. The van der Waals surface area contributed by atoms with Crippen LogP contribution < -0.4 is 22.5 Å². The zero-order chi connectivity index (χ0) is 10.3. The average molecular weight is 333 g/mol. The van der Waals surface area contributed by atoms with Crippen LogP contribution in [0.1, 0.15) is 13.8 Å². The Bertz CT molecular complexity index is 155. The molecule has 0 aromatic rings. The molecule has 0 fully saturated rings. The molecule has 0 rings (SSSR count). The van der Waals surface area contributed by atoms with Crippen LogP contribution in [-0.2, 0) is 53.0 Å². The number of aliphatic hydroxyl groups is 2. The number of quaternary nitrogens is 2. The third-order valence-corrected chi connectivity index (χ3v) is 0.682. The van der Waals surface area contributed by atoms with E-state index in [9.17, 15) is 19.8 Å². The Morgan fingerprint density at radius 2 is 0.941 bits per heavy atom. The van der Waals surface area contributed by atoms with Gasteiger partial charge < -0.3 is 42.3 Å². The Morgan fingerprint density at radius 3 is 0.941 bits per heavy atom. The van der Waals surface area contributed by atoms with Crippen LogP contribution in [0.5, 0.6) is 0 Å². The van der Waals surface area contributed by atoms with Gasteiger partial charge in [-0.1, -0.05) is 0 Å². The minimum absolute atomic E-state index is 0. The summed E-state index contributed by atoms with van der Waals surface area (Å²) in [5.74, 6) is -2.87. The van der Waals surface area contributed by atoms with Crippen molar-refractivity contribution in [2.24, 2.45) is 0 Å². The van der Waals surface area contributed by atoms with E-state index in [-0.39, 0.29) is 85.3 Å². The summed E-state index contributed by atoms with van der Waals surface area (Å²) in [4.78, 5) is 18.7. The maximum absolute atomic E-state index is 9.34. The van der Waals surface area contributed by atoms with Gasteiger partial charge in [0.05, 0.1) is 24.1 Å². The maximum Gasteiger partial charge on any atom is 0.0905 e. The van der Waals surface area contributed by atoms with Gasteiger partial charge in [0.25, 0.3) is 0 Å². The standard InChI is InChI=1S/2C3H6O3.2H3N.Na.2Ti/c2*1-2(4)3(5)6;;;;;/h2*2,4H,1H3,(H,5,6);2*1H3;;;. The summed E-state index contributed by atoms with van der Waals surface area (Å²) >= 11 is 0. The molecule has 0 aliphatic heterocycles. The van der Waals surface area contributed by atoms with E-state index in [2.05, 4.69) is 0 Å². The molecule has 8 nitrogen and oxygen atoms in total. The molecular formula is C6H18N2NaO6Ti2. The molecule has 0 aliphatic rings. The van der Waals surface area contributed by atoms with Crippen molar-refractivity contribution in [1.82, 2.24) is 12.3 Å². The van der Waals surface area contributed by atoms with Crippen molar-refractivity contribution in [1.29, 1.82) is 0 Å². The number of carbonyl (C=O) groups is 2. The van der Waals surface area contributed by atoms with Gasteiger partial charge in [-0.15, -0.1) is 0 Å². The molecule has 17 heavy (non-hydrogen) atoms. The Morgan fingerprint density at radius 1 is 0.882 bits per heavy atom. The quantitative estimate of drug-likeness (QED) is 0.380. The van der Waals surface area contributed by atoms with Crippen LogP contribution in [0.4, 0.5) is 0 Å². The van der Waals surface area contributed by atoms with Gasteiger partial charge in [-0.3, -0.25) is 0 Å². The smallest absolute Gasteiger partial charge is 0.0905 e. The normalized spacial score (nSPS) is 9.65. The van der Waals surface area contributed by atoms with Crippen LogP contribution in [0, 0.1) is 0 Å². The number of carboxylic acid groups (broad SMARTS) is 2. The van der Waals surface area contributed by atoms with E-state index in [0.29, 0.717) is 0 Å². The first-order valence-corrected chi connectivity index (χ1v) is 3.06. The molecule has 0 amide bonds. The summed E-state index contributed by atoms with van der Waals surface area (Å²) in [7, 11) is 0. The fourth-order valence-electron chi connectivity index (χ4n) is 0. The van der Waals surface area contributed by atoms with Crippen molar-refractivity contribution in [3.05, 3.63) is 0 Å². The summed E-state index contributed by atoms with van der Waals surface area (Å²) in [5, 5.41) is 34.6. The van der Waals surface area contributed by atoms with Gasteiger partial charge in [0.2, 0.25) is 0 Å². The van der Waals surface area contributed by atoms with Crippen molar-refractivity contribution >= 4 is 41.5 Å². The number of aliphatic carboxylic acids is 2. The SMILES string of the molecule is CC(O)C(=O)[O-].CC(O)C(=O)[O-].[NH4+].[NH4+].[Na].[Ti].[Ti]. The molecule has 0 aliphatic carbocycles. The molecule has 0 bridgehead atoms. The summed E-state index contributed by atoms with van der Waals surface area (Å²) < 4.78 is 0. The second kappa shape index (κ2) is 25.9. The zero-order valence-corrected chi connectivity index (χ0v) is 15.8. The van der Waals surface area contributed by atoms with Gasteiger partial charge in [0.1, 0.15) is 0 Å². The largest absolute Gasteiger partial charge is 0.547 e. The Labute approximate surface area is 152 Å². The van der Waals surface area contributed by atoms with Crippen LogP contribution in [0.25, 0.3) is 0 Å². The molecule has 2 atom stereocenters. The Kier molecular flexibility index (Phi) is 65.4. The topological polar surface area (TPSA) is 194 Å². The van der Waals surface area contributed by atoms with Crippen LogP contribution in [0.3, 0.4) is 0 Å². The van der Waals surface area contributed by atoms with Gasteiger partial charge in [-0.25, -0.2) is 0 Å². The van der Waals surface area contributed by atoms with E-state index in [1.807, 2.05) is 0 Å². The minimum atomic E-state index is -1.44. The fraction of sp³-hybridized carbons (Fsp3) is 0.667. The van der Waals surface area contributed by atoms with Crippen molar-refractivity contribution in [2.75, 3.05) is 0 Å². The molecule has 0 saturated carbocycles. The van der Waals surface area contributed by atoms with Gasteiger partial charge in [0.15, 0.2) is 0 Å². The number of hydrogen-bond acceptors (Lipinski definition) is 6. The number of carboxylic acids is 2. The molecule has 1 radical (unpaired) electrons. The zero-order valence-electron chi connectivity index (χ0n) is 10.7. The van der Waals surface area contributed by atoms with E-state index in [1.54, 1.807) is 0 Å². The fourth-order valence-corrected chi connectivity index (χ4v) is 0. The first-order valence-electron chi connectivity index (χ1n) is 3.06. The predicted molar refractivity (Wildman–Crippen MR) is 51.1 cm³/mol. The van der Waals surface area contributed by atoms with Gasteiger partial charge in [-0.2, -0.15) is 0 Å². The number of carbonyl (C=O) groups excluding carboxylic acids is 2. The van der Waals surface area contributed by atoms with Gasteiger partial charge >= 0.3 is 0 Å². The molecule has 97 valence electrons. The first-order chi connectivity index (χ1) is 5.29. The third kappa shape index (κ3) is 46.9. The monoisotopic (exact) mass is 333 g/mol. The van der Waals surface area contributed by atoms with Crippen molar-refractivity contribution in [3.8, 4) is 0 Å². The Hall–Kier alpha value is 1.21. The second-order valence-electron chi connectivity index (χ2n) is 1.99. The van der Waals surface area contributed by atoms with E-state index in [0.717, 1.165) is 13.8 Å². The molecule has 2 unspecified atom stereocenters. The van der Waals surface area contributed by atoms with E-state index in [4.69, 9.17) is 10.2 Å². The molecule has 0 saturated heterocycles. The number of aliphatic hydroxyl groups excluding tert-OH is 2. The van der Waals surface area contributed by atoms with Gasteiger partial charge in [-0.05, 0) is 13.8 Å². The minimum Gasteiger partial charge on any atom is -0.547 e. The number of hydrogen-bond donors (Lipinski definition) is 4. The van der Waals surface area contributed by atoms with Crippen LogP contribution >= 0.6 is 0 Å². The maximum atomic E-state index is 9.34. The first kappa shape index (κ1) is 42.9. The number of rotatable bonds is 2. The van der Waals surface area contributed by atoms with Crippen LogP contribution in [-0.4, -0.2) is 63.9 Å². The third-order valence-electron chi connectivity index (χ3n) is 0.682. The Balaban J connectivity index is -0.0000000182. The second-order valence-corrected chi connectivity index (χ2v) is 1.99. The van der Waals surface area contributed by atoms with Crippen molar-refractivity contribution < 1.29 is 73.5 Å². The van der Waals surface area contributed by atoms with E-state index in [1.165, 1.54) is 0 Å². The van der Waals surface area contributed by atoms with Crippen LogP contribution in [0.15, 0.2) is 0 Å². The molecule has 0 spiro atoms. The van der Waals surface area contributed by atoms with E-state index >= 15 is 0 Å². The molecule has 10 N–H and O–H groups in total. The summed E-state index contributed by atoms with van der Waals surface area (Å²) in [6.45, 7) is 2.27. The van der Waals surface area contributed by atoms with Crippen molar-refractivity contribution in [3.63, 3.8) is 0 Å². The molecule has 0 heterocycles. The van der Waals surface area contributed by atoms with Crippen molar-refractivity contribution in [2.45, 2.75) is 26.1 Å². The molecular weight excluding hydrogens is 315 g/mol. The molecule has 0 aromatic carbocycles. The summed E-state index contributed by atoms with van der Waals surface area (Å²) in [6, 6.07) is 0. The molecule has 11 heteroatoms. The summed E-state index contributed by atoms with van der Waals surface area (Å²) in [6.07, 6.45) is -2.69. The average Bonchev–Trinajstić information content (AvgIpc) is 1.88.